The summed E-state index contributed by atoms with van der Waals surface area (Å²) in [5.74, 6) is -0.462. The van der Waals surface area contributed by atoms with Crippen LogP contribution in [0.15, 0.2) is 13.6 Å². The van der Waals surface area contributed by atoms with Gasteiger partial charge in [-0.1, -0.05) is 89.9 Å². The van der Waals surface area contributed by atoms with Crippen molar-refractivity contribution in [1.29, 1.82) is 0 Å². The van der Waals surface area contributed by atoms with Crippen molar-refractivity contribution in [1.82, 2.24) is 0 Å². The van der Waals surface area contributed by atoms with Crippen molar-refractivity contribution in [2.24, 2.45) is 0 Å². The van der Waals surface area contributed by atoms with Crippen molar-refractivity contribution in [3.8, 4) is 0 Å². The van der Waals surface area contributed by atoms with Gasteiger partial charge in [-0.2, -0.15) is 0 Å². The van der Waals surface area contributed by atoms with Crippen molar-refractivity contribution < 1.29 is 27.9 Å². The molecule has 1 rings (SSSR count). The molecule has 0 aromatic carbocycles. The lowest BCUT2D eigenvalue weighted by Gasteiger charge is -2.04. The highest BCUT2D eigenvalue weighted by Gasteiger charge is 2.11. The van der Waals surface area contributed by atoms with Gasteiger partial charge in [0, 0.05) is 12.8 Å². The number of ether oxygens (including phenoxy) is 2. The molecule has 0 amide bonds. The highest BCUT2D eigenvalue weighted by atomic mass is 16.6. The Morgan fingerprint density at radius 1 is 0.618 bits per heavy atom. The van der Waals surface area contributed by atoms with Gasteiger partial charge in [0.25, 0.3) is 0 Å². The summed E-state index contributed by atoms with van der Waals surface area (Å²) in [7, 11) is 0. The minimum absolute atomic E-state index is 0.0467. The number of esters is 2. The van der Waals surface area contributed by atoms with Crippen molar-refractivity contribution in [3.63, 3.8) is 0 Å². The Hall–Kier alpha value is -2.05. The Labute approximate surface area is 205 Å². The molecule has 0 spiro atoms. The highest BCUT2D eigenvalue weighted by molar-refractivity contribution is 5.69. The maximum atomic E-state index is 11.7. The Morgan fingerprint density at radius 3 is 1.35 bits per heavy atom. The van der Waals surface area contributed by atoms with Crippen LogP contribution in [0.1, 0.15) is 134 Å². The molecule has 0 saturated heterocycles. The van der Waals surface area contributed by atoms with Gasteiger partial charge in [-0.15, -0.1) is 0 Å². The van der Waals surface area contributed by atoms with Crippen molar-refractivity contribution in [3.05, 3.63) is 22.1 Å². The largest absolute Gasteiger partial charge is 0.519 e. The molecule has 1 aromatic heterocycles. The van der Waals surface area contributed by atoms with Crippen LogP contribution in [0.25, 0.3) is 0 Å². The second-order valence-electron chi connectivity index (χ2n) is 9.06. The molecule has 1 heterocycles. The first-order chi connectivity index (χ1) is 16.5. The zero-order chi connectivity index (χ0) is 24.9. The van der Waals surface area contributed by atoms with E-state index in [4.69, 9.17) is 18.3 Å². The molecule has 196 valence electrons. The summed E-state index contributed by atoms with van der Waals surface area (Å²) in [5, 5.41) is 0. The zero-order valence-corrected chi connectivity index (χ0v) is 21.5. The van der Waals surface area contributed by atoms with Gasteiger partial charge in [0.05, 0.1) is 6.61 Å². The molecule has 0 N–H and O–H groups in total. The maximum absolute atomic E-state index is 11.7. The normalized spacial score (nSPS) is 11.0. The summed E-state index contributed by atoms with van der Waals surface area (Å²) >= 11 is 0. The lowest BCUT2D eigenvalue weighted by atomic mass is 10.0. The van der Waals surface area contributed by atoms with Crippen LogP contribution in [-0.4, -0.2) is 18.5 Å². The second-order valence-corrected chi connectivity index (χ2v) is 9.06. The smallest absolute Gasteiger partial charge is 0.466 e. The molecule has 0 unspecified atom stereocenters. The van der Waals surface area contributed by atoms with Crippen LogP contribution in [-0.2, 0) is 25.7 Å². The predicted molar refractivity (Wildman–Crippen MR) is 132 cm³/mol. The van der Waals surface area contributed by atoms with E-state index in [1.54, 1.807) is 6.92 Å². The standard InChI is InChI=1S/C27H46O7/c1-3-31-25(28)20-18-16-14-12-10-8-6-4-5-7-9-11-13-15-17-19-21-26(29)32-22-24-23(2)33-27(30)34-24/h3-22H2,1-2H3. The summed E-state index contributed by atoms with van der Waals surface area (Å²) in [6.07, 6.45) is 20.4. The van der Waals surface area contributed by atoms with Gasteiger partial charge in [0.1, 0.15) is 0 Å². The molecule has 7 nitrogen and oxygen atoms in total. The quantitative estimate of drug-likeness (QED) is 0.128. The molecule has 0 radical (unpaired) electrons. The Morgan fingerprint density at radius 2 is 1.00 bits per heavy atom. The highest BCUT2D eigenvalue weighted by Crippen LogP contribution is 2.15. The molecule has 0 fully saturated rings. The number of rotatable bonds is 22. The Balaban J connectivity index is 1.76. The number of carbonyl (C=O) groups excluding carboxylic acids is 2. The van der Waals surface area contributed by atoms with E-state index in [2.05, 4.69) is 0 Å². The minimum Gasteiger partial charge on any atom is -0.466 e. The van der Waals surface area contributed by atoms with Crippen LogP contribution in [0.4, 0.5) is 0 Å². The zero-order valence-electron chi connectivity index (χ0n) is 21.5. The van der Waals surface area contributed by atoms with E-state index in [-0.39, 0.29) is 24.3 Å². The summed E-state index contributed by atoms with van der Waals surface area (Å²) in [5.41, 5.74) is 0. The van der Waals surface area contributed by atoms with Crippen LogP contribution < -0.4 is 5.82 Å². The van der Waals surface area contributed by atoms with Gasteiger partial charge in [-0.05, 0) is 26.7 Å². The second kappa shape index (κ2) is 20.3. The fourth-order valence-electron chi connectivity index (χ4n) is 3.97. The molecule has 0 saturated carbocycles. The molecule has 1 aromatic rings. The summed E-state index contributed by atoms with van der Waals surface area (Å²) in [6.45, 7) is 3.89. The van der Waals surface area contributed by atoms with E-state index < -0.39 is 5.82 Å². The minimum atomic E-state index is -0.768. The topological polar surface area (TPSA) is 96.0 Å². The van der Waals surface area contributed by atoms with Crippen LogP contribution >= 0.6 is 0 Å². The van der Waals surface area contributed by atoms with E-state index in [9.17, 15) is 14.4 Å². The lowest BCUT2D eigenvalue weighted by Crippen LogP contribution is -2.04. The summed E-state index contributed by atoms with van der Waals surface area (Å²) < 4.78 is 19.6. The van der Waals surface area contributed by atoms with E-state index in [1.165, 1.54) is 70.6 Å². The summed E-state index contributed by atoms with van der Waals surface area (Å²) in [4.78, 5) is 33.9. The van der Waals surface area contributed by atoms with Gasteiger partial charge in [0.2, 0.25) is 0 Å². The molecule has 34 heavy (non-hydrogen) atoms. The first kappa shape index (κ1) is 30.0. The van der Waals surface area contributed by atoms with E-state index >= 15 is 0 Å². The molecular formula is C27H46O7. The SMILES string of the molecule is CCOC(=O)CCCCCCCCCCCCCCCCCCC(=O)OCc1oc(=O)oc1C. The molecule has 0 aliphatic heterocycles. The van der Waals surface area contributed by atoms with Crippen LogP contribution in [0.3, 0.4) is 0 Å². The molecule has 0 bridgehead atoms. The first-order valence-corrected chi connectivity index (χ1v) is 13.4. The predicted octanol–water partition coefficient (Wildman–Crippen LogP) is 7.17. The summed E-state index contributed by atoms with van der Waals surface area (Å²) in [6, 6.07) is 0. The fourth-order valence-corrected chi connectivity index (χ4v) is 3.97. The molecular weight excluding hydrogens is 436 g/mol. The molecule has 7 heteroatoms. The van der Waals surface area contributed by atoms with Crippen LogP contribution in [0.5, 0.6) is 0 Å². The third-order valence-electron chi connectivity index (χ3n) is 6.02. The monoisotopic (exact) mass is 482 g/mol. The maximum Gasteiger partial charge on any atom is 0.519 e. The average Bonchev–Trinajstić information content (AvgIpc) is 3.13. The van der Waals surface area contributed by atoms with Crippen LogP contribution in [0.2, 0.25) is 0 Å². The lowest BCUT2D eigenvalue weighted by molar-refractivity contribution is -0.146. The number of hydrogen-bond donors (Lipinski definition) is 0. The van der Waals surface area contributed by atoms with E-state index in [0.29, 0.717) is 25.2 Å². The van der Waals surface area contributed by atoms with Crippen molar-refractivity contribution >= 4 is 11.9 Å². The Bertz CT molecular complexity index is 704. The average molecular weight is 483 g/mol. The third-order valence-corrected chi connectivity index (χ3v) is 6.02. The van der Waals surface area contributed by atoms with Gasteiger partial charge in [0.15, 0.2) is 18.1 Å². The number of carbonyl (C=O) groups is 2. The number of unbranched alkanes of at least 4 members (excludes halogenated alkanes) is 15. The van der Waals surface area contributed by atoms with E-state index in [0.717, 1.165) is 32.1 Å². The van der Waals surface area contributed by atoms with Gasteiger partial charge < -0.3 is 18.3 Å². The third kappa shape index (κ3) is 16.5. The van der Waals surface area contributed by atoms with E-state index in [1.807, 2.05) is 6.92 Å². The van der Waals surface area contributed by atoms with Gasteiger partial charge >= 0.3 is 17.8 Å². The van der Waals surface area contributed by atoms with Crippen LogP contribution in [0, 0.1) is 6.92 Å². The number of aryl methyl sites for hydroxylation is 1. The van der Waals surface area contributed by atoms with Crippen molar-refractivity contribution in [2.45, 2.75) is 136 Å². The number of hydrogen-bond acceptors (Lipinski definition) is 7. The van der Waals surface area contributed by atoms with Crippen molar-refractivity contribution in [2.75, 3.05) is 6.61 Å². The molecule has 0 aliphatic carbocycles. The molecule has 0 aliphatic rings. The Kier molecular flexibility index (Phi) is 17.9. The van der Waals surface area contributed by atoms with Gasteiger partial charge in [-0.3, -0.25) is 9.59 Å². The molecule has 0 atom stereocenters. The fraction of sp³-hybridized carbons (Fsp3) is 0.815. The first-order valence-electron chi connectivity index (χ1n) is 13.4. The van der Waals surface area contributed by atoms with Gasteiger partial charge in [-0.25, -0.2) is 4.79 Å².